The van der Waals surface area contributed by atoms with Gasteiger partial charge >= 0.3 is 0 Å². The lowest BCUT2D eigenvalue weighted by Crippen LogP contribution is -2.35. The molecule has 1 heterocycles. The minimum Gasteiger partial charge on any atom is -0.497 e. The van der Waals surface area contributed by atoms with Gasteiger partial charge < -0.3 is 24.1 Å². The number of rotatable bonds is 8. The number of amides is 1. The maximum atomic E-state index is 12.2. The van der Waals surface area contributed by atoms with E-state index in [1.165, 1.54) is 0 Å². The van der Waals surface area contributed by atoms with E-state index < -0.39 is 6.10 Å². The van der Waals surface area contributed by atoms with E-state index in [0.29, 0.717) is 28.6 Å². The summed E-state index contributed by atoms with van der Waals surface area (Å²) in [6, 6.07) is 14.4. The van der Waals surface area contributed by atoms with Crippen molar-refractivity contribution in [1.82, 2.24) is 15.5 Å². The maximum absolute atomic E-state index is 12.2. The van der Waals surface area contributed by atoms with Crippen molar-refractivity contribution in [3.63, 3.8) is 0 Å². The summed E-state index contributed by atoms with van der Waals surface area (Å²) < 4.78 is 21.3. The zero-order valence-corrected chi connectivity index (χ0v) is 15.8. The van der Waals surface area contributed by atoms with E-state index in [9.17, 15) is 4.79 Å². The molecule has 1 aromatic heterocycles. The van der Waals surface area contributed by atoms with Gasteiger partial charge in [0.1, 0.15) is 17.2 Å². The predicted octanol–water partition coefficient (Wildman–Crippen LogP) is 2.84. The fourth-order valence-electron chi connectivity index (χ4n) is 2.48. The fraction of sp³-hybridized carbons (Fsp3) is 0.250. The van der Waals surface area contributed by atoms with Crippen LogP contribution in [0.5, 0.6) is 17.2 Å². The van der Waals surface area contributed by atoms with Crippen molar-refractivity contribution in [1.29, 1.82) is 0 Å². The van der Waals surface area contributed by atoms with Crippen LogP contribution >= 0.6 is 0 Å². The molecule has 8 heteroatoms. The minimum atomic E-state index is -0.661. The van der Waals surface area contributed by atoms with Crippen molar-refractivity contribution in [3.05, 3.63) is 54.4 Å². The van der Waals surface area contributed by atoms with E-state index in [1.54, 1.807) is 51.5 Å². The summed E-state index contributed by atoms with van der Waals surface area (Å²) in [6.07, 6.45) is -0.661. The highest BCUT2D eigenvalue weighted by atomic mass is 16.5. The number of hydrogen-bond acceptors (Lipinski definition) is 7. The minimum absolute atomic E-state index is 0.0901. The van der Waals surface area contributed by atoms with Crippen molar-refractivity contribution in [3.8, 4) is 28.6 Å². The molecule has 146 valence electrons. The lowest BCUT2D eigenvalue weighted by molar-refractivity contribution is -0.127. The highest BCUT2D eigenvalue weighted by Gasteiger charge is 2.17. The topological polar surface area (TPSA) is 95.7 Å². The number of para-hydroxylation sites is 1. The van der Waals surface area contributed by atoms with E-state index in [4.69, 9.17) is 18.7 Å². The van der Waals surface area contributed by atoms with Gasteiger partial charge in [-0.3, -0.25) is 4.79 Å². The van der Waals surface area contributed by atoms with Gasteiger partial charge in [-0.1, -0.05) is 23.4 Å². The average Bonchev–Trinajstić information content (AvgIpc) is 3.21. The number of hydrogen-bond donors (Lipinski definition) is 1. The van der Waals surface area contributed by atoms with E-state index >= 15 is 0 Å². The van der Waals surface area contributed by atoms with Crippen LogP contribution in [0.2, 0.25) is 0 Å². The molecule has 28 heavy (non-hydrogen) atoms. The van der Waals surface area contributed by atoms with Crippen molar-refractivity contribution in [2.24, 2.45) is 0 Å². The highest BCUT2D eigenvalue weighted by molar-refractivity contribution is 5.80. The van der Waals surface area contributed by atoms with Crippen LogP contribution in [0.1, 0.15) is 12.8 Å². The molecule has 1 N–H and O–H groups in total. The van der Waals surface area contributed by atoms with Gasteiger partial charge in [-0.15, -0.1) is 0 Å². The summed E-state index contributed by atoms with van der Waals surface area (Å²) in [4.78, 5) is 16.5. The molecule has 1 atom stereocenters. The van der Waals surface area contributed by atoms with Gasteiger partial charge in [0.25, 0.3) is 5.91 Å². The Morgan fingerprint density at radius 2 is 1.89 bits per heavy atom. The number of nitrogens with zero attached hydrogens (tertiary/aromatic N) is 2. The lowest BCUT2D eigenvalue weighted by atomic mass is 10.2. The Kier molecular flexibility index (Phi) is 6.11. The van der Waals surface area contributed by atoms with E-state index in [2.05, 4.69) is 15.5 Å². The second kappa shape index (κ2) is 8.90. The quantitative estimate of drug-likeness (QED) is 0.639. The summed E-state index contributed by atoms with van der Waals surface area (Å²) in [5, 5.41) is 6.67. The molecule has 3 rings (SSSR count). The van der Waals surface area contributed by atoms with Gasteiger partial charge in [0.05, 0.1) is 26.3 Å². The Hall–Kier alpha value is -3.55. The Bertz CT molecular complexity index is 927. The molecule has 0 aliphatic heterocycles. The summed E-state index contributed by atoms with van der Waals surface area (Å²) in [5.74, 6) is 2.18. The highest BCUT2D eigenvalue weighted by Crippen LogP contribution is 2.31. The van der Waals surface area contributed by atoms with Crippen LogP contribution in [0.25, 0.3) is 11.4 Å². The second-order valence-electron chi connectivity index (χ2n) is 5.87. The van der Waals surface area contributed by atoms with Crippen LogP contribution < -0.4 is 19.5 Å². The van der Waals surface area contributed by atoms with Crippen molar-refractivity contribution >= 4 is 5.91 Å². The second-order valence-corrected chi connectivity index (χ2v) is 5.87. The summed E-state index contributed by atoms with van der Waals surface area (Å²) in [5.41, 5.74) is 0.658. The smallest absolute Gasteiger partial charge is 0.261 e. The van der Waals surface area contributed by atoms with E-state index in [1.807, 2.05) is 18.2 Å². The Morgan fingerprint density at radius 1 is 1.11 bits per heavy atom. The molecule has 3 aromatic rings. The average molecular weight is 383 g/mol. The number of benzene rings is 2. The molecule has 0 saturated heterocycles. The molecule has 0 spiro atoms. The molecule has 0 fully saturated rings. The first-order valence-electron chi connectivity index (χ1n) is 8.65. The first-order valence-corrected chi connectivity index (χ1v) is 8.65. The molecule has 0 bridgehead atoms. The van der Waals surface area contributed by atoms with Gasteiger partial charge in [-0.05, 0) is 31.2 Å². The van der Waals surface area contributed by atoms with Crippen LogP contribution in [0.3, 0.4) is 0 Å². The first kappa shape index (κ1) is 19.2. The molecule has 0 aliphatic carbocycles. The third-order valence-corrected chi connectivity index (χ3v) is 3.96. The van der Waals surface area contributed by atoms with Crippen LogP contribution in [-0.4, -0.2) is 36.4 Å². The van der Waals surface area contributed by atoms with Crippen LogP contribution in [-0.2, 0) is 11.3 Å². The monoisotopic (exact) mass is 383 g/mol. The Labute approximate surface area is 162 Å². The number of ether oxygens (including phenoxy) is 3. The normalized spacial score (nSPS) is 11.5. The molecule has 8 nitrogen and oxygen atoms in total. The summed E-state index contributed by atoms with van der Waals surface area (Å²) in [7, 11) is 3.12. The molecule has 2 aromatic carbocycles. The van der Waals surface area contributed by atoms with Gasteiger partial charge in [0.2, 0.25) is 11.7 Å². The van der Waals surface area contributed by atoms with Gasteiger partial charge in [0, 0.05) is 6.07 Å². The predicted molar refractivity (Wildman–Crippen MR) is 101 cm³/mol. The standard InChI is InChI=1S/C20H21N3O5/c1-13(27-14-7-5-4-6-8-14)20(24)21-12-18-22-19(23-28-18)16-10-9-15(25-2)11-17(16)26-3/h4-11,13H,12H2,1-3H3,(H,21,24)/t13-/m1/s1. The summed E-state index contributed by atoms with van der Waals surface area (Å²) >= 11 is 0. The van der Waals surface area contributed by atoms with Gasteiger partial charge in [0.15, 0.2) is 6.10 Å². The van der Waals surface area contributed by atoms with Crippen LogP contribution in [0, 0.1) is 0 Å². The van der Waals surface area contributed by atoms with Crippen LogP contribution in [0.4, 0.5) is 0 Å². The zero-order valence-electron chi connectivity index (χ0n) is 15.8. The lowest BCUT2D eigenvalue weighted by Gasteiger charge is -2.13. The van der Waals surface area contributed by atoms with Crippen molar-refractivity contribution < 1.29 is 23.5 Å². The Balaban J connectivity index is 1.61. The van der Waals surface area contributed by atoms with Gasteiger partial charge in [-0.25, -0.2) is 0 Å². The first-order chi connectivity index (χ1) is 13.6. The zero-order chi connectivity index (χ0) is 19.9. The molecule has 0 aliphatic rings. The number of nitrogens with one attached hydrogen (secondary N) is 1. The van der Waals surface area contributed by atoms with E-state index in [0.717, 1.165) is 0 Å². The van der Waals surface area contributed by atoms with Crippen molar-refractivity contribution in [2.45, 2.75) is 19.6 Å². The fourth-order valence-corrected chi connectivity index (χ4v) is 2.48. The molecule has 1 amide bonds. The molecular weight excluding hydrogens is 362 g/mol. The van der Waals surface area contributed by atoms with Crippen molar-refractivity contribution in [2.75, 3.05) is 14.2 Å². The maximum Gasteiger partial charge on any atom is 0.261 e. The molecule has 0 unspecified atom stereocenters. The van der Waals surface area contributed by atoms with E-state index in [-0.39, 0.29) is 18.3 Å². The summed E-state index contributed by atoms with van der Waals surface area (Å²) in [6.45, 7) is 1.76. The number of carbonyl (C=O) groups is 1. The number of carbonyl (C=O) groups excluding carboxylic acids is 1. The largest absolute Gasteiger partial charge is 0.497 e. The van der Waals surface area contributed by atoms with Gasteiger partial charge in [-0.2, -0.15) is 4.98 Å². The molecule has 0 radical (unpaired) electrons. The molecule has 0 saturated carbocycles. The SMILES string of the molecule is COc1ccc(-c2noc(CNC(=O)[C@@H](C)Oc3ccccc3)n2)c(OC)c1. The van der Waals surface area contributed by atoms with Crippen LogP contribution in [0.15, 0.2) is 53.1 Å². The number of methoxy groups -OCH3 is 2. The molecular formula is C20H21N3O5. The third-order valence-electron chi connectivity index (χ3n) is 3.96. The Morgan fingerprint density at radius 3 is 2.61 bits per heavy atom. The number of aromatic nitrogens is 2. The third kappa shape index (κ3) is 4.59.